The summed E-state index contributed by atoms with van der Waals surface area (Å²) >= 11 is 13.3. The molecule has 9 rings (SSSR count). The Bertz CT molecular complexity index is 2490. The number of benzene rings is 3. The van der Waals surface area contributed by atoms with Gasteiger partial charge in [0.2, 0.25) is 0 Å². The quantitative estimate of drug-likeness (QED) is 0.176. The number of nitrogens with zero attached hydrogens (tertiary/aromatic N) is 5. The number of halogens is 2. The van der Waals surface area contributed by atoms with Gasteiger partial charge in [0, 0.05) is 71.3 Å². The number of aromatic amines is 1. The zero-order valence-corrected chi connectivity index (χ0v) is 31.6. The number of H-pyrrole nitrogens is 1. The van der Waals surface area contributed by atoms with Gasteiger partial charge in [-0.25, -0.2) is 4.98 Å². The summed E-state index contributed by atoms with van der Waals surface area (Å²) in [6.07, 6.45) is 8.55. The molecule has 6 heterocycles. The molecule has 3 aliphatic heterocycles. The fraction of sp³-hybridized carbons (Fsp3) is 0.182. The predicted octanol–water partition coefficient (Wildman–Crippen LogP) is 9.31. The molecule has 1 saturated heterocycles. The smallest absolute Gasteiger partial charge is 0.272 e. The number of pyridine rings is 2. The number of nitrogens with one attached hydrogen (secondary N) is 2. The third kappa shape index (κ3) is 6.33. The Labute approximate surface area is 328 Å². The van der Waals surface area contributed by atoms with E-state index < -0.39 is 0 Å². The van der Waals surface area contributed by atoms with Crippen molar-refractivity contribution in [2.75, 3.05) is 36.4 Å². The Morgan fingerprint density at radius 3 is 2.36 bits per heavy atom. The van der Waals surface area contributed by atoms with Crippen molar-refractivity contribution < 1.29 is 9.59 Å². The van der Waals surface area contributed by atoms with Crippen LogP contribution in [0.25, 0.3) is 22.2 Å². The molecule has 9 nitrogen and oxygen atoms in total. The van der Waals surface area contributed by atoms with E-state index in [-0.39, 0.29) is 23.8 Å². The molecule has 2 amide bonds. The zero-order valence-electron chi connectivity index (χ0n) is 30.0. The molecule has 6 aromatic rings. The molecule has 11 heteroatoms. The molecular formula is C44H37Cl2N7O2. The molecule has 0 saturated carbocycles. The maximum Gasteiger partial charge on any atom is 0.272 e. The molecule has 3 aromatic heterocycles. The largest absolute Gasteiger partial charge is 0.351 e. The number of hydrogen-bond donors (Lipinski definition) is 2. The number of carbonyl (C=O) groups excluding carboxylic acids is 2. The average molecular weight is 767 g/mol. The van der Waals surface area contributed by atoms with E-state index in [9.17, 15) is 9.59 Å². The molecular weight excluding hydrogens is 729 g/mol. The maximum atomic E-state index is 14.8. The standard InChI is InChI=1S/C44H37Cl2N7O2/c1-27-9-8-20-53-40(29-14-16-30(45)17-15-29)32-25-31(46)26-35-37(32)38(41(53)36(27)28-10-3-2-4-11-28)39(49-35)43(54)50-33-13-7-19-48-42(33)51-21-23-52(24-22-51)44(55)34-12-5-6-18-47-34/h2-8,10-20,25-27,40,49H,9,21-24H2,1H3,(H,50,54). The van der Waals surface area contributed by atoms with E-state index in [2.05, 4.69) is 80.7 Å². The third-order valence-corrected chi connectivity index (χ3v) is 11.2. The van der Waals surface area contributed by atoms with Crippen molar-refractivity contribution in [3.05, 3.63) is 165 Å². The van der Waals surface area contributed by atoms with Gasteiger partial charge in [0.25, 0.3) is 11.8 Å². The number of rotatable bonds is 6. The summed E-state index contributed by atoms with van der Waals surface area (Å²) in [5.41, 5.74) is 8.32. The summed E-state index contributed by atoms with van der Waals surface area (Å²) in [7, 11) is 0. The Balaban J connectivity index is 1.14. The fourth-order valence-corrected chi connectivity index (χ4v) is 8.60. The van der Waals surface area contributed by atoms with Gasteiger partial charge >= 0.3 is 0 Å². The molecule has 0 spiro atoms. The van der Waals surface area contributed by atoms with Crippen molar-refractivity contribution in [2.24, 2.45) is 5.92 Å². The van der Waals surface area contributed by atoms with Gasteiger partial charge in [-0.05, 0) is 83.1 Å². The first kappa shape index (κ1) is 34.8. The van der Waals surface area contributed by atoms with E-state index in [0.717, 1.165) is 50.8 Å². The van der Waals surface area contributed by atoms with E-state index >= 15 is 0 Å². The van der Waals surface area contributed by atoms with Crippen LogP contribution in [0.2, 0.25) is 10.0 Å². The second-order valence-corrected chi connectivity index (χ2v) is 15.0. The Hall–Kier alpha value is -5.90. The van der Waals surface area contributed by atoms with E-state index in [0.29, 0.717) is 59.1 Å². The topological polar surface area (TPSA) is 97.5 Å². The van der Waals surface area contributed by atoms with Gasteiger partial charge < -0.3 is 25.0 Å². The van der Waals surface area contributed by atoms with Crippen molar-refractivity contribution in [3.8, 4) is 0 Å². The molecule has 274 valence electrons. The minimum Gasteiger partial charge on any atom is -0.351 e. The summed E-state index contributed by atoms with van der Waals surface area (Å²) in [5.74, 6) is 0.403. The SMILES string of the molecule is CC1CC=CN2C(=C1c1ccccc1)c1c(C(=O)Nc3cccnc3N3CCN(C(=O)c4ccccn4)CC3)[nH]c3cc(Cl)cc(c13)C2c1ccc(Cl)cc1. The molecule has 0 bridgehead atoms. The highest BCUT2D eigenvalue weighted by Gasteiger charge is 2.40. The van der Waals surface area contributed by atoms with Gasteiger partial charge in [-0.2, -0.15) is 0 Å². The van der Waals surface area contributed by atoms with Crippen LogP contribution in [0.1, 0.15) is 62.6 Å². The van der Waals surface area contributed by atoms with Crippen molar-refractivity contribution in [2.45, 2.75) is 19.4 Å². The number of carbonyl (C=O) groups is 2. The van der Waals surface area contributed by atoms with Crippen LogP contribution in [0, 0.1) is 5.92 Å². The first-order valence-corrected chi connectivity index (χ1v) is 19.2. The van der Waals surface area contributed by atoms with Gasteiger partial charge in [-0.3, -0.25) is 14.6 Å². The van der Waals surface area contributed by atoms with Crippen LogP contribution < -0.4 is 10.2 Å². The first-order chi connectivity index (χ1) is 26.9. The van der Waals surface area contributed by atoms with Crippen LogP contribution >= 0.6 is 23.2 Å². The number of aromatic nitrogens is 3. The number of fused-ring (bicyclic) bond motifs is 2. The van der Waals surface area contributed by atoms with Crippen LogP contribution in [-0.2, 0) is 0 Å². The fourth-order valence-electron chi connectivity index (χ4n) is 8.25. The highest BCUT2D eigenvalue weighted by molar-refractivity contribution is 6.32. The number of amides is 2. The number of hydrogen-bond acceptors (Lipinski definition) is 6. The summed E-state index contributed by atoms with van der Waals surface area (Å²) in [6.45, 7) is 4.35. The molecule has 3 aliphatic rings. The summed E-state index contributed by atoms with van der Waals surface area (Å²) < 4.78 is 0. The predicted molar refractivity (Wildman–Crippen MR) is 219 cm³/mol. The number of anilines is 2. The van der Waals surface area contributed by atoms with Crippen LogP contribution in [0.5, 0.6) is 0 Å². The molecule has 1 fully saturated rings. The van der Waals surface area contributed by atoms with Crippen LogP contribution in [0.15, 0.2) is 122 Å². The Kier molecular flexibility index (Phi) is 9.12. The monoisotopic (exact) mass is 765 g/mol. The Morgan fingerprint density at radius 2 is 1.60 bits per heavy atom. The van der Waals surface area contributed by atoms with E-state index in [1.54, 1.807) is 29.4 Å². The van der Waals surface area contributed by atoms with E-state index in [1.807, 2.05) is 48.5 Å². The highest BCUT2D eigenvalue weighted by Crippen LogP contribution is 2.53. The number of piperazine rings is 1. The lowest BCUT2D eigenvalue weighted by atomic mass is 9.82. The minimum absolute atomic E-state index is 0.0961. The van der Waals surface area contributed by atoms with Gasteiger partial charge in [0.1, 0.15) is 11.4 Å². The minimum atomic E-state index is -0.294. The normalized spacial score (nSPS) is 18.0. The molecule has 2 N–H and O–H groups in total. The highest BCUT2D eigenvalue weighted by atomic mass is 35.5. The van der Waals surface area contributed by atoms with E-state index in [1.165, 1.54) is 0 Å². The van der Waals surface area contributed by atoms with Crippen molar-refractivity contribution >= 4 is 68.7 Å². The molecule has 0 aliphatic carbocycles. The second-order valence-electron chi connectivity index (χ2n) is 14.1. The lowest BCUT2D eigenvalue weighted by Gasteiger charge is -2.39. The van der Waals surface area contributed by atoms with Crippen LogP contribution in [0.3, 0.4) is 0 Å². The van der Waals surface area contributed by atoms with Crippen LogP contribution in [-0.4, -0.2) is 62.7 Å². The summed E-state index contributed by atoms with van der Waals surface area (Å²) in [4.78, 5) is 46.6. The van der Waals surface area contributed by atoms with Crippen molar-refractivity contribution in [3.63, 3.8) is 0 Å². The molecule has 2 atom stereocenters. The molecule has 3 aromatic carbocycles. The van der Waals surface area contributed by atoms with Gasteiger partial charge in [-0.1, -0.05) is 84.7 Å². The second kappa shape index (κ2) is 14.4. The lowest BCUT2D eigenvalue weighted by Crippen LogP contribution is -2.49. The Morgan fingerprint density at radius 1 is 0.836 bits per heavy atom. The zero-order chi connectivity index (χ0) is 37.6. The average Bonchev–Trinajstić information content (AvgIpc) is 3.51. The molecule has 55 heavy (non-hydrogen) atoms. The third-order valence-electron chi connectivity index (χ3n) is 10.7. The summed E-state index contributed by atoms with van der Waals surface area (Å²) in [6, 6.07) is 31.1. The van der Waals surface area contributed by atoms with Crippen LogP contribution in [0.4, 0.5) is 11.5 Å². The maximum absolute atomic E-state index is 14.8. The van der Waals surface area contributed by atoms with E-state index in [4.69, 9.17) is 28.2 Å². The van der Waals surface area contributed by atoms with Gasteiger partial charge in [0.15, 0.2) is 5.82 Å². The van der Waals surface area contributed by atoms with Gasteiger partial charge in [-0.15, -0.1) is 0 Å². The van der Waals surface area contributed by atoms with Crippen molar-refractivity contribution in [1.29, 1.82) is 0 Å². The summed E-state index contributed by atoms with van der Waals surface area (Å²) in [5, 5.41) is 5.42. The molecule has 2 unspecified atom stereocenters. The van der Waals surface area contributed by atoms with Gasteiger partial charge in [0.05, 0.1) is 17.4 Å². The molecule has 0 radical (unpaired) electrons. The first-order valence-electron chi connectivity index (χ1n) is 18.4. The lowest BCUT2D eigenvalue weighted by molar-refractivity contribution is 0.0740. The number of allylic oxidation sites excluding steroid dienone is 2. The van der Waals surface area contributed by atoms with Crippen molar-refractivity contribution in [1.82, 2.24) is 24.8 Å².